The molecule has 1 amide bonds. The summed E-state index contributed by atoms with van der Waals surface area (Å²) < 4.78 is 1.75. The number of carbonyl (C=O) groups is 1. The Kier molecular flexibility index (Phi) is 3.44. The predicted octanol–water partition coefficient (Wildman–Crippen LogP) is 1.43. The molecule has 5 heteroatoms. The molecule has 1 saturated carbocycles. The minimum atomic E-state index is -0.0951. The van der Waals surface area contributed by atoms with Crippen molar-refractivity contribution in [2.45, 2.75) is 25.3 Å². The molecule has 0 bridgehead atoms. The molecule has 20 heavy (non-hydrogen) atoms. The molecule has 5 nitrogen and oxygen atoms in total. The number of hydrogen-bond donors (Lipinski definition) is 2. The summed E-state index contributed by atoms with van der Waals surface area (Å²) in [6.07, 6.45) is 3.17. The fourth-order valence-corrected chi connectivity index (χ4v) is 3.00. The van der Waals surface area contributed by atoms with Crippen LogP contribution in [-0.4, -0.2) is 28.3 Å². The van der Waals surface area contributed by atoms with Crippen LogP contribution in [0.2, 0.25) is 0 Å². The zero-order valence-corrected chi connectivity index (χ0v) is 11.7. The highest BCUT2D eigenvalue weighted by molar-refractivity contribution is 6.04. The van der Waals surface area contributed by atoms with Crippen LogP contribution in [0.25, 0.3) is 10.9 Å². The number of nitrogens with two attached hydrogens (primary N) is 1. The number of aryl methyl sites for hydroxylation is 1. The molecule has 3 N–H and O–H groups in total. The molecular weight excluding hydrogens is 252 g/mol. The first-order valence-corrected chi connectivity index (χ1v) is 7.10. The van der Waals surface area contributed by atoms with Crippen molar-refractivity contribution in [2.75, 3.05) is 6.54 Å². The number of fused-ring (bicyclic) bond motifs is 1. The molecule has 2 atom stereocenters. The number of amides is 1. The Labute approximate surface area is 118 Å². The van der Waals surface area contributed by atoms with Crippen LogP contribution in [0.15, 0.2) is 24.3 Å². The third kappa shape index (κ3) is 2.41. The highest BCUT2D eigenvalue weighted by Crippen LogP contribution is 2.23. The summed E-state index contributed by atoms with van der Waals surface area (Å²) in [5.74, 6) is 0.409. The van der Waals surface area contributed by atoms with Gasteiger partial charge in [-0.3, -0.25) is 9.48 Å². The van der Waals surface area contributed by atoms with Crippen molar-refractivity contribution in [3.05, 3.63) is 30.0 Å². The summed E-state index contributed by atoms with van der Waals surface area (Å²) in [6, 6.07) is 8.08. The smallest absolute Gasteiger partial charge is 0.272 e. The standard InChI is InChI=1S/C15H20N4O/c1-19-13-5-3-2-4-12(13)14(18-19)15(20)17-9-10-6-7-11(16)8-10/h2-5,10-11H,6-9,16H2,1H3,(H,17,20). The Balaban J connectivity index is 1.73. The second-order valence-electron chi connectivity index (χ2n) is 5.64. The molecule has 0 saturated heterocycles. The number of hydrogen-bond acceptors (Lipinski definition) is 3. The Morgan fingerprint density at radius 1 is 1.45 bits per heavy atom. The van der Waals surface area contributed by atoms with Crippen LogP contribution < -0.4 is 11.1 Å². The van der Waals surface area contributed by atoms with E-state index in [1.165, 1.54) is 0 Å². The second-order valence-corrected chi connectivity index (χ2v) is 5.64. The fraction of sp³-hybridized carbons (Fsp3) is 0.467. The van der Waals surface area contributed by atoms with Gasteiger partial charge in [-0.1, -0.05) is 18.2 Å². The summed E-state index contributed by atoms with van der Waals surface area (Å²) in [6.45, 7) is 0.692. The van der Waals surface area contributed by atoms with Crippen molar-refractivity contribution in [3.63, 3.8) is 0 Å². The van der Waals surface area contributed by atoms with Crippen LogP contribution in [0.5, 0.6) is 0 Å². The van der Waals surface area contributed by atoms with Crippen LogP contribution in [-0.2, 0) is 7.05 Å². The first-order chi connectivity index (χ1) is 9.65. The van der Waals surface area contributed by atoms with Gasteiger partial charge in [-0.15, -0.1) is 0 Å². The summed E-state index contributed by atoms with van der Waals surface area (Å²) in [5, 5.41) is 8.23. The molecule has 1 fully saturated rings. The van der Waals surface area contributed by atoms with Crippen LogP contribution in [0.3, 0.4) is 0 Å². The quantitative estimate of drug-likeness (QED) is 0.887. The van der Waals surface area contributed by atoms with Gasteiger partial charge in [-0.25, -0.2) is 0 Å². The highest BCUT2D eigenvalue weighted by Gasteiger charge is 2.23. The van der Waals surface area contributed by atoms with Crippen LogP contribution in [0, 0.1) is 5.92 Å². The van der Waals surface area contributed by atoms with E-state index >= 15 is 0 Å². The normalized spacial score (nSPS) is 22.3. The van der Waals surface area contributed by atoms with Gasteiger partial charge in [-0.2, -0.15) is 5.10 Å². The van der Waals surface area contributed by atoms with Crippen LogP contribution >= 0.6 is 0 Å². The zero-order valence-electron chi connectivity index (χ0n) is 11.7. The Hall–Kier alpha value is -1.88. The average Bonchev–Trinajstić information content (AvgIpc) is 3.01. The average molecular weight is 272 g/mol. The Bertz CT molecular complexity index is 634. The maximum absolute atomic E-state index is 12.3. The largest absolute Gasteiger partial charge is 0.350 e. The number of nitrogens with one attached hydrogen (secondary N) is 1. The van der Waals surface area contributed by atoms with E-state index in [0.717, 1.165) is 30.2 Å². The molecule has 2 aromatic rings. The van der Waals surface area contributed by atoms with Crippen LogP contribution in [0.1, 0.15) is 29.8 Å². The lowest BCUT2D eigenvalue weighted by atomic mass is 10.1. The van der Waals surface area contributed by atoms with Gasteiger partial charge >= 0.3 is 0 Å². The molecule has 106 valence electrons. The molecular formula is C15H20N4O. The van der Waals surface area contributed by atoms with Crippen molar-refractivity contribution < 1.29 is 4.79 Å². The first-order valence-electron chi connectivity index (χ1n) is 7.10. The first kappa shape index (κ1) is 13.1. The molecule has 1 aromatic carbocycles. The minimum absolute atomic E-state index is 0.0951. The topological polar surface area (TPSA) is 72.9 Å². The van der Waals surface area contributed by atoms with E-state index in [4.69, 9.17) is 5.73 Å². The lowest BCUT2D eigenvalue weighted by molar-refractivity contribution is 0.0943. The number of rotatable bonds is 3. The van der Waals surface area contributed by atoms with Crippen LogP contribution in [0.4, 0.5) is 0 Å². The molecule has 0 radical (unpaired) electrons. The van der Waals surface area contributed by atoms with E-state index < -0.39 is 0 Å². The van der Waals surface area contributed by atoms with E-state index in [2.05, 4.69) is 10.4 Å². The maximum atomic E-state index is 12.3. The number of aromatic nitrogens is 2. The molecule has 3 rings (SSSR count). The van der Waals surface area contributed by atoms with E-state index in [1.807, 2.05) is 31.3 Å². The van der Waals surface area contributed by atoms with Gasteiger partial charge in [0.05, 0.1) is 5.52 Å². The van der Waals surface area contributed by atoms with Gasteiger partial charge in [0.2, 0.25) is 0 Å². The van der Waals surface area contributed by atoms with E-state index in [1.54, 1.807) is 4.68 Å². The van der Waals surface area contributed by atoms with Gasteiger partial charge < -0.3 is 11.1 Å². The second kappa shape index (κ2) is 5.25. The number of nitrogens with zero attached hydrogens (tertiary/aromatic N) is 2. The molecule has 1 aliphatic carbocycles. The Morgan fingerprint density at radius 2 is 2.25 bits per heavy atom. The van der Waals surface area contributed by atoms with Crippen molar-refractivity contribution >= 4 is 16.8 Å². The number of benzene rings is 1. The summed E-state index contributed by atoms with van der Waals surface area (Å²) in [4.78, 5) is 12.3. The molecule has 1 aliphatic rings. The minimum Gasteiger partial charge on any atom is -0.350 e. The van der Waals surface area contributed by atoms with Gasteiger partial charge in [0, 0.05) is 25.0 Å². The van der Waals surface area contributed by atoms with E-state index in [-0.39, 0.29) is 5.91 Å². The SMILES string of the molecule is Cn1nc(C(=O)NCC2CCC(N)C2)c2ccccc21. The van der Waals surface area contributed by atoms with Gasteiger partial charge in [0.25, 0.3) is 5.91 Å². The van der Waals surface area contributed by atoms with Gasteiger partial charge in [0.1, 0.15) is 0 Å². The highest BCUT2D eigenvalue weighted by atomic mass is 16.1. The number of para-hydroxylation sites is 1. The molecule has 0 spiro atoms. The maximum Gasteiger partial charge on any atom is 0.272 e. The lowest BCUT2D eigenvalue weighted by Gasteiger charge is -2.10. The number of carbonyl (C=O) groups excluding carboxylic acids is 1. The zero-order chi connectivity index (χ0) is 14.1. The summed E-state index contributed by atoms with van der Waals surface area (Å²) >= 11 is 0. The molecule has 0 aliphatic heterocycles. The molecule has 1 aromatic heterocycles. The van der Waals surface area contributed by atoms with Crippen molar-refractivity contribution in [1.82, 2.24) is 15.1 Å². The summed E-state index contributed by atoms with van der Waals surface area (Å²) in [7, 11) is 1.86. The van der Waals surface area contributed by atoms with Crippen molar-refractivity contribution in [1.29, 1.82) is 0 Å². The fourth-order valence-electron chi connectivity index (χ4n) is 3.00. The monoisotopic (exact) mass is 272 g/mol. The predicted molar refractivity (Wildman–Crippen MR) is 78.4 cm³/mol. The van der Waals surface area contributed by atoms with Gasteiger partial charge in [-0.05, 0) is 31.2 Å². The van der Waals surface area contributed by atoms with Crippen molar-refractivity contribution in [3.8, 4) is 0 Å². The molecule has 1 heterocycles. The third-order valence-corrected chi connectivity index (χ3v) is 4.11. The molecule has 2 unspecified atom stereocenters. The third-order valence-electron chi connectivity index (χ3n) is 4.11. The lowest BCUT2D eigenvalue weighted by Crippen LogP contribution is -2.29. The summed E-state index contributed by atoms with van der Waals surface area (Å²) in [5.41, 5.74) is 7.37. The van der Waals surface area contributed by atoms with E-state index in [0.29, 0.717) is 24.2 Å². The van der Waals surface area contributed by atoms with Crippen molar-refractivity contribution in [2.24, 2.45) is 18.7 Å². The Morgan fingerprint density at radius 3 is 3.00 bits per heavy atom. The van der Waals surface area contributed by atoms with Gasteiger partial charge in [0.15, 0.2) is 5.69 Å². The van der Waals surface area contributed by atoms with E-state index in [9.17, 15) is 4.79 Å².